The highest BCUT2D eigenvalue weighted by Crippen LogP contribution is 2.43. The van der Waals surface area contributed by atoms with Gasteiger partial charge < -0.3 is 15.4 Å². The van der Waals surface area contributed by atoms with Gasteiger partial charge in [-0.3, -0.25) is 0 Å². The lowest BCUT2D eigenvalue weighted by Gasteiger charge is -2.11. The first kappa shape index (κ1) is 20.1. The number of nitrogens with two attached hydrogens (primary N) is 1. The first-order valence-electron chi connectivity index (χ1n) is 11.6. The molecule has 0 spiro atoms. The molecule has 3 N–H and O–H groups in total. The molecule has 7 rings (SSSR count). The summed E-state index contributed by atoms with van der Waals surface area (Å²) in [6.45, 7) is 2.08. The molecule has 0 atom stereocenters. The van der Waals surface area contributed by atoms with Crippen molar-refractivity contribution in [3.05, 3.63) is 103 Å². The third-order valence-electron chi connectivity index (χ3n) is 6.91. The summed E-state index contributed by atoms with van der Waals surface area (Å²) in [5.74, 6) is 0.119. The van der Waals surface area contributed by atoms with E-state index in [1.54, 1.807) is 6.07 Å². The number of aryl methyl sites for hydroxylation is 1. The number of hydrogen-bond donors (Lipinski definition) is 2. The van der Waals surface area contributed by atoms with Crippen molar-refractivity contribution in [2.75, 3.05) is 5.73 Å². The van der Waals surface area contributed by atoms with Crippen LogP contribution in [-0.4, -0.2) is 9.67 Å². The molecule has 0 saturated heterocycles. The molecule has 168 valence electrons. The van der Waals surface area contributed by atoms with Gasteiger partial charge in [-0.2, -0.15) is 0 Å². The second-order valence-corrected chi connectivity index (χ2v) is 10.1. The fourth-order valence-electron chi connectivity index (χ4n) is 5.28. The van der Waals surface area contributed by atoms with Crippen LogP contribution in [0.15, 0.2) is 97.1 Å². The lowest BCUT2D eigenvalue weighted by Crippen LogP contribution is -1.96. The Morgan fingerprint density at radius 3 is 2.46 bits per heavy atom. The molecule has 7 aromatic rings. The molecular weight excluding hydrogens is 448 g/mol. The van der Waals surface area contributed by atoms with Crippen molar-refractivity contribution in [1.82, 2.24) is 4.57 Å². The van der Waals surface area contributed by atoms with Crippen molar-refractivity contribution in [2.24, 2.45) is 0 Å². The Balaban J connectivity index is 1.56. The average molecular weight is 471 g/mol. The van der Waals surface area contributed by atoms with Crippen LogP contribution in [0.3, 0.4) is 0 Å². The number of nitrogens with zero attached hydrogens (tertiary/aromatic N) is 1. The average Bonchev–Trinajstić information content (AvgIpc) is 3.42. The number of hydrogen-bond acceptors (Lipinski definition) is 3. The predicted molar refractivity (Wildman–Crippen MR) is 150 cm³/mol. The summed E-state index contributed by atoms with van der Waals surface area (Å²) in [5, 5.41) is 15.7. The number of anilines is 1. The molecule has 0 bridgehead atoms. The van der Waals surface area contributed by atoms with Crippen molar-refractivity contribution >= 4 is 59.0 Å². The number of aromatic hydroxyl groups is 1. The number of aromatic nitrogens is 1. The Morgan fingerprint density at radius 2 is 1.57 bits per heavy atom. The Kier molecular flexibility index (Phi) is 4.23. The molecule has 4 heteroatoms. The zero-order valence-corrected chi connectivity index (χ0v) is 19.9. The molecule has 0 aliphatic rings. The summed E-state index contributed by atoms with van der Waals surface area (Å²) in [6.07, 6.45) is 0. The Morgan fingerprint density at radius 1 is 0.743 bits per heavy atom. The monoisotopic (exact) mass is 470 g/mol. The van der Waals surface area contributed by atoms with E-state index in [1.807, 2.05) is 23.5 Å². The number of thiophene rings is 1. The van der Waals surface area contributed by atoms with E-state index in [-0.39, 0.29) is 5.75 Å². The first-order chi connectivity index (χ1) is 17.1. The minimum atomic E-state index is 0.119. The molecule has 0 aliphatic carbocycles. The van der Waals surface area contributed by atoms with Crippen molar-refractivity contribution in [3.8, 4) is 22.6 Å². The van der Waals surface area contributed by atoms with Crippen LogP contribution in [0.2, 0.25) is 0 Å². The van der Waals surface area contributed by atoms with E-state index in [0.717, 1.165) is 38.6 Å². The van der Waals surface area contributed by atoms with E-state index < -0.39 is 0 Å². The number of benzene rings is 5. The number of phenolic OH excluding ortho intramolecular Hbond substituents is 1. The van der Waals surface area contributed by atoms with E-state index >= 15 is 0 Å². The van der Waals surface area contributed by atoms with Gasteiger partial charge in [-0.15, -0.1) is 11.3 Å². The largest absolute Gasteiger partial charge is 0.504 e. The summed E-state index contributed by atoms with van der Waals surface area (Å²) in [5.41, 5.74) is 12.9. The number of phenols is 1. The van der Waals surface area contributed by atoms with Crippen LogP contribution in [0.5, 0.6) is 5.75 Å². The van der Waals surface area contributed by atoms with Gasteiger partial charge in [0.1, 0.15) is 0 Å². The molecule has 0 fully saturated rings. The lowest BCUT2D eigenvalue weighted by atomic mass is 10.0. The summed E-state index contributed by atoms with van der Waals surface area (Å²) >= 11 is 1.84. The first-order valence-corrected chi connectivity index (χ1v) is 12.4. The molecule has 0 radical (unpaired) electrons. The number of nitrogen functional groups attached to an aromatic ring is 1. The summed E-state index contributed by atoms with van der Waals surface area (Å²) in [7, 11) is 0. The zero-order chi connectivity index (χ0) is 23.7. The van der Waals surface area contributed by atoms with Crippen LogP contribution in [0.25, 0.3) is 58.8 Å². The smallest absolute Gasteiger partial charge is 0.163 e. The Hall–Kier alpha value is -4.28. The maximum absolute atomic E-state index is 11.0. The Bertz CT molecular complexity index is 1940. The van der Waals surface area contributed by atoms with Crippen LogP contribution in [0.1, 0.15) is 5.56 Å². The highest BCUT2D eigenvalue weighted by atomic mass is 32.1. The fourth-order valence-corrected chi connectivity index (χ4v) is 6.52. The molecule has 3 nitrogen and oxygen atoms in total. The molecule has 35 heavy (non-hydrogen) atoms. The predicted octanol–water partition coefficient (Wildman–Crippen LogP) is 8.41. The van der Waals surface area contributed by atoms with Gasteiger partial charge in [0.25, 0.3) is 0 Å². The van der Waals surface area contributed by atoms with E-state index in [2.05, 4.69) is 90.4 Å². The van der Waals surface area contributed by atoms with Crippen LogP contribution >= 0.6 is 11.3 Å². The SMILES string of the molecule is Cc1cccc(-n2c3ccc(-c4cccc5c4sc4ccccc45)cc3c3ccc(N)c(O)c32)c1. The van der Waals surface area contributed by atoms with Crippen LogP contribution in [0.4, 0.5) is 5.69 Å². The number of fused-ring (bicyclic) bond motifs is 6. The highest BCUT2D eigenvalue weighted by molar-refractivity contribution is 7.26. The van der Waals surface area contributed by atoms with Crippen LogP contribution in [-0.2, 0) is 0 Å². The van der Waals surface area contributed by atoms with Crippen molar-refractivity contribution in [3.63, 3.8) is 0 Å². The van der Waals surface area contributed by atoms with Gasteiger partial charge >= 0.3 is 0 Å². The maximum atomic E-state index is 11.0. The van der Waals surface area contributed by atoms with Gasteiger partial charge in [-0.25, -0.2) is 0 Å². The van der Waals surface area contributed by atoms with Gasteiger partial charge in [0, 0.05) is 36.6 Å². The fraction of sp³-hybridized carbons (Fsp3) is 0.0323. The van der Waals surface area contributed by atoms with E-state index in [9.17, 15) is 5.11 Å². The standard InChI is InChI=1S/C31H22N2OS/c1-18-6-4-7-20(16-18)33-27-15-12-19(17-25(27)23-13-14-26(32)30(34)29(23)33)21-9-5-10-24-22-8-2-3-11-28(22)35-31(21)24/h2-17,34H,32H2,1H3. The van der Waals surface area contributed by atoms with Gasteiger partial charge in [0.2, 0.25) is 0 Å². The van der Waals surface area contributed by atoms with E-state index in [1.165, 1.54) is 25.7 Å². The second-order valence-electron chi connectivity index (χ2n) is 9.09. The minimum absolute atomic E-state index is 0.119. The van der Waals surface area contributed by atoms with Gasteiger partial charge in [-0.05, 0) is 66.1 Å². The minimum Gasteiger partial charge on any atom is -0.504 e. The van der Waals surface area contributed by atoms with Crippen LogP contribution in [0, 0.1) is 6.92 Å². The maximum Gasteiger partial charge on any atom is 0.163 e. The van der Waals surface area contributed by atoms with Gasteiger partial charge in [0.05, 0.1) is 16.7 Å². The molecule has 2 aromatic heterocycles. The lowest BCUT2D eigenvalue weighted by molar-refractivity contribution is 0.482. The van der Waals surface area contributed by atoms with Crippen molar-refractivity contribution < 1.29 is 5.11 Å². The summed E-state index contributed by atoms with van der Waals surface area (Å²) in [6, 6.07) is 33.9. The molecule has 0 amide bonds. The summed E-state index contributed by atoms with van der Waals surface area (Å²) < 4.78 is 4.71. The van der Waals surface area contributed by atoms with E-state index in [4.69, 9.17) is 5.73 Å². The van der Waals surface area contributed by atoms with Crippen molar-refractivity contribution in [2.45, 2.75) is 6.92 Å². The molecule has 5 aromatic carbocycles. The molecular formula is C31H22N2OS. The number of rotatable bonds is 2. The third-order valence-corrected chi connectivity index (χ3v) is 8.13. The van der Waals surface area contributed by atoms with Crippen molar-refractivity contribution in [1.29, 1.82) is 0 Å². The zero-order valence-electron chi connectivity index (χ0n) is 19.1. The van der Waals surface area contributed by atoms with E-state index in [0.29, 0.717) is 5.69 Å². The topological polar surface area (TPSA) is 51.2 Å². The molecule has 2 heterocycles. The van der Waals surface area contributed by atoms with Gasteiger partial charge in [0.15, 0.2) is 5.75 Å². The normalized spacial score (nSPS) is 11.8. The highest BCUT2D eigenvalue weighted by Gasteiger charge is 2.18. The molecule has 0 aliphatic heterocycles. The Labute approximate surface area is 206 Å². The molecule has 0 saturated carbocycles. The third kappa shape index (κ3) is 2.90. The second kappa shape index (κ2) is 7.36. The van der Waals surface area contributed by atoms with Gasteiger partial charge in [-0.1, -0.05) is 54.6 Å². The quantitative estimate of drug-likeness (QED) is 0.197. The van der Waals surface area contributed by atoms with Crippen LogP contribution < -0.4 is 5.73 Å². The molecule has 0 unspecified atom stereocenters. The summed E-state index contributed by atoms with van der Waals surface area (Å²) in [4.78, 5) is 0.